The third kappa shape index (κ3) is 2.52. The lowest BCUT2D eigenvalue weighted by molar-refractivity contribution is 0.0933. The summed E-state index contributed by atoms with van der Waals surface area (Å²) >= 11 is 1.72. The molecule has 2 aromatic rings. The van der Waals surface area contributed by atoms with Gasteiger partial charge in [-0.3, -0.25) is 14.7 Å². The Morgan fingerprint density at radius 2 is 2.22 bits per heavy atom. The molecule has 5 nitrogen and oxygen atoms in total. The molecule has 2 N–H and O–H groups in total. The Hall–Kier alpha value is -1.92. The van der Waals surface area contributed by atoms with E-state index in [0.717, 1.165) is 35.8 Å². The predicted molar refractivity (Wildman–Crippen MR) is 91.6 cm³/mol. The highest BCUT2D eigenvalue weighted by atomic mass is 32.1. The summed E-state index contributed by atoms with van der Waals surface area (Å²) in [4.78, 5) is 20.8. The summed E-state index contributed by atoms with van der Waals surface area (Å²) in [5.41, 5.74) is 2.91. The second-order valence-electron chi connectivity index (χ2n) is 6.33. The minimum Gasteiger partial charge on any atom is -0.351 e. The number of carbonyl (C=O) groups excluding carboxylic acids is 1. The fourth-order valence-electron chi connectivity index (χ4n) is 3.27. The van der Waals surface area contributed by atoms with Gasteiger partial charge in [-0.2, -0.15) is 0 Å². The average Bonchev–Trinajstić information content (AvgIpc) is 2.93. The molecule has 4 heterocycles. The van der Waals surface area contributed by atoms with E-state index in [1.807, 2.05) is 18.2 Å². The van der Waals surface area contributed by atoms with Gasteiger partial charge in [-0.1, -0.05) is 6.07 Å². The molecule has 1 atom stereocenters. The van der Waals surface area contributed by atoms with E-state index in [1.165, 1.54) is 10.4 Å². The zero-order valence-corrected chi connectivity index (χ0v) is 14.1. The van der Waals surface area contributed by atoms with E-state index in [0.29, 0.717) is 6.04 Å². The second-order valence-corrected chi connectivity index (χ2v) is 7.43. The highest BCUT2D eigenvalue weighted by molar-refractivity contribution is 7.16. The smallest absolute Gasteiger partial charge is 0.256 e. The zero-order valence-electron chi connectivity index (χ0n) is 13.3. The van der Waals surface area contributed by atoms with Gasteiger partial charge in [-0.05, 0) is 38.0 Å². The summed E-state index contributed by atoms with van der Waals surface area (Å²) in [6.45, 7) is 6.40. The van der Waals surface area contributed by atoms with Gasteiger partial charge in [0.2, 0.25) is 0 Å². The van der Waals surface area contributed by atoms with Crippen molar-refractivity contribution in [3.8, 4) is 0 Å². The highest BCUT2D eigenvalue weighted by Crippen LogP contribution is 2.40. The standard InChI is InChI=1S/C17H20N4OS/c1-10(2)21-8-6-11-13(9-21)23-17-14(11)16(22)19-15(20-17)12-5-3-4-7-18-12/h3-5,7,10,15,20H,6,8-9H2,1-2H3,(H,19,22)/t15-/m0/s1. The number of anilines is 1. The number of pyridine rings is 1. The predicted octanol–water partition coefficient (Wildman–Crippen LogP) is 2.76. The zero-order chi connectivity index (χ0) is 16.0. The highest BCUT2D eigenvalue weighted by Gasteiger charge is 2.33. The number of aromatic nitrogens is 1. The molecular formula is C17H20N4OS. The van der Waals surface area contributed by atoms with Gasteiger partial charge in [0.15, 0.2) is 0 Å². The first-order valence-electron chi connectivity index (χ1n) is 8.00. The van der Waals surface area contributed by atoms with Crippen LogP contribution in [0.1, 0.15) is 46.5 Å². The molecule has 2 aliphatic rings. The van der Waals surface area contributed by atoms with Crippen LogP contribution in [-0.4, -0.2) is 28.4 Å². The van der Waals surface area contributed by atoms with Crippen molar-refractivity contribution < 1.29 is 4.79 Å². The molecule has 23 heavy (non-hydrogen) atoms. The van der Waals surface area contributed by atoms with Crippen LogP contribution in [0.4, 0.5) is 5.00 Å². The largest absolute Gasteiger partial charge is 0.351 e. The Kier molecular flexibility index (Phi) is 3.58. The van der Waals surface area contributed by atoms with E-state index >= 15 is 0 Å². The molecular weight excluding hydrogens is 308 g/mol. The van der Waals surface area contributed by atoms with Crippen molar-refractivity contribution >= 4 is 22.2 Å². The van der Waals surface area contributed by atoms with Crippen LogP contribution in [0.3, 0.4) is 0 Å². The Morgan fingerprint density at radius 1 is 1.35 bits per heavy atom. The first kappa shape index (κ1) is 14.7. The number of hydrogen-bond donors (Lipinski definition) is 2. The maximum Gasteiger partial charge on any atom is 0.256 e. The van der Waals surface area contributed by atoms with Crippen molar-refractivity contribution in [1.29, 1.82) is 0 Å². The number of hydrogen-bond acceptors (Lipinski definition) is 5. The third-order valence-corrected chi connectivity index (χ3v) is 5.73. The summed E-state index contributed by atoms with van der Waals surface area (Å²) in [6.07, 6.45) is 2.44. The molecule has 0 aromatic carbocycles. The molecule has 0 unspecified atom stereocenters. The Bertz CT molecular complexity index is 741. The summed E-state index contributed by atoms with van der Waals surface area (Å²) in [7, 11) is 0. The lowest BCUT2D eigenvalue weighted by Gasteiger charge is -2.30. The molecule has 0 fully saturated rings. The number of nitrogens with zero attached hydrogens (tertiary/aromatic N) is 2. The van der Waals surface area contributed by atoms with Crippen LogP contribution >= 0.6 is 11.3 Å². The maximum absolute atomic E-state index is 12.6. The van der Waals surface area contributed by atoms with Crippen molar-refractivity contribution in [1.82, 2.24) is 15.2 Å². The molecule has 2 aliphatic heterocycles. The number of fused-ring (bicyclic) bond motifs is 3. The van der Waals surface area contributed by atoms with Gasteiger partial charge >= 0.3 is 0 Å². The van der Waals surface area contributed by atoms with Gasteiger partial charge in [-0.15, -0.1) is 11.3 Å². The first-order chi connectivity index (χ1) is 11.1. The van der Waals surface area contributed by atoms with Gasteiger partial charge in [0.25, 0.3) is 5.91 Å². The van der Waals surface area contributed by atoms with Crippen LogP contribution in [-0.2, 0) is 13.0 Å². The monoisotopic (exact) mass is 328 g/mol. The number of nitrogens with one attached hydrogen (secondary N) is 2. The topological polar surface area (TPSA) is 57.3 Å². The first-order valence-corrected chi connectivity index (χ1v) is 8.82. The van der Waals surface area contributed by atoms with Crippen molar-refractivity contribution in [3.05, 3.63) is 46.1 Å². The van der Waals surface area contributed by atoms with Gasteiger partial charge in [0.05, 0.1) is 11.3 Å². The molecule has 0 bridgehead atoms. The number of rotatable bonds is 2. The normalized spacial score (nSPS) is 20.7. The lowest BCUT2D eigenvalue weighted by atomic mass is 10.00. The minimum atomic E-state index is -0.252. The molecule has 0 saturated heterocycles. The summed E-state index contributed by atoms with van der Waals surface area (Å²) in [5, 5.41) is 7.48. The summed E-state index contributed by atoms with van der Waals surface area (Å²) in [5.74, 6) is 0.0184. The van der Waals surface area contributed by atoms with E-state index in [9.17, 15) is 4.79 Å². The SMILES string of the molecule is CC(C)N1CCc2c(sc3c2C(=O)N[C@H](c2ccccn2)N3)C1. The fourth-order valence-corrected chi connectivity index (χ4v) is 4.57. The molecule has 4 rings (SSSR count). The second kappa shape index (κ2) is 5.62. The van der Waals surface area contributed by atoms with Gasteiger partial charge < -0.3 is 10.6 Å². The van der Waals surface area contributed by atoms with E-state index in [2.05, 4.69) is 34.4 Å². The molecule has 0 aliphatic carbocycles. The van der Waals surface area contributed by atoms with Crippen molar-refractivity contribution in [2.24, 2.45) is 0 Å². The van der Waals surface area contributed by atoms with Gasteiger partial charge in [0.1, 0.15) is 11.2 Å². The Morgan fingerprint density at radius 3 is 2.96 bits per heavy atom. The molecule has 0 saturated carbocycles. The minimum absolute atomic E-state index is 0.0184. The quantitative estimate of drug-likeness (QED) is 0.890. The van der Waals surface area contributed by atoms with E-state index in [4.69, 9.17) is 0 Å². The Balaban J connectivity index is 1.66. The van der Waals surface area contributed by atoms with Crippen LogP contribution in [0.2, 0.25) is 0 Å². The summed E-state index contributed by atoms with van der Waals surface area (Å²) < 4.78 is 0. The van der Waals surface area contributed by atoms with Crippen LogP contribution in [0.15, 0.2) is 24.4 Å². The van der Waals surface area contributed by atoms with E-state index < -0.39 is 0 Å². The molecule has 120 valence electrons. The van der Waals surface area contributed by atoms with Crippen molar-refractivity contribution in [2.75, 3.05) is 11.9 Å². The van der Waals surface area contributed by atoms with Crippen molar-refractivity contribution in [3.63, 3.8) is 0 Å². The fraction of sp³-hybridized carbons (Fsp3) is 0.412. The molecule has 1 amide bonds. The number of thiophene rings is 1. The average molecular weight is 328 g/mol. The molecule has 6 heteroatoms. The van der Waals surface area contributed by atoms with E-state index in [1.54, 1.807) is 17.5 Å². The Labute approximate surface area is 139 Å². The van der Waals surface area contributed by atoms with Gasteiger partial charge in [0, 0.05) is 30.2 Å². The maximum atomic E-state index is 12.6. The molecule has 0 radical (unpaired) electrons. The number of carbonyl (C=O) groups is 1. The van der Waals surface area contributed by atoms with Crippen molar-refractivity contribution in [2.45, 2.75) is 39.0 Å². The van der Waals surface area contributed by atoms with E-state index in [-0.39, 0.29) is 12.1 Å². The lowest BCUT2D eigenvalue weighted by Crippen LogP contribution is -2.39. The van der Waals surface area contributed by atoms with Crippen LogP contribution < -0.4 is 10.6 Å². The third-order valence-electron chi connectivity index (χ3n) is 4.58. The van der Waals surface area contributed by atoms with Crippen LogP contribution in [0, 0.1) is 0 Å². The summed E-state index contributed by atoms with van der Waals surface area (Å²) in [6, 6.07) is 6.28. The van der Waals surface area contributed by atoms with Gasteiger partial charge in [-0.25, -0.2) is 0 Å². The van der Waals surface area contributed by atoms with Crippen LogP contribution in [0.5, 0.6) is 0 Å². The van der Waals surface area contributed by atoms with Crippen LogP contribution in [0.25, 0.3) is 0 Å². The molecule has 2 aromatic heterocycles. The number of amides is 1. The molecule has 0 spiro atoms.